The topological polar surface area (TPSA) is 153 Å². The van der Waals surface area contributed by atoms with Gasteiger partial charge in [-0.2, -0.15) is 15.0 Å². The van der Waals surface area contributed by atoms with Gasteiger partial charge in [0.2, 0.25) is 0 Å². The number of ether oxygens (including phenoxy) is 3. The molecule has 13 heteroatoms. The monoisotopic (exact) mass is 467 g/mol. The third-order valence-corrected chi connectivity index (χ3v) is 6.52. The van der Waals surface area contributed by atoms with E-state index in [4.69, 9.17) is 34.1 Å². The standard InChI is InChI=1S/C19H26N5O7P/c1-27-14-6-5-12(9-13(14)11-32(26,29-3)30-4)10-24-17-15(21-19(24)28-2)16(20)22-18(23-17)31-8-7-25/h5-6,9,25H,7-8,10-11H2,1-4H3,(H2,20,22,23). The van der Waals surface area contributed by atoms with Crippen LogP contribution in [0.5, 0.6) is 17.8 Å². The number of nitrogens with two attached hydrogens (primary N) is 1. The number of aliphatic hydroxyl groups excluding tert-OH is 1. The van der Waals surface area contributed by atoms with Crippen molar-refractivity contribution < 1.29 is 32.9 Å². The van der Waals surface area contributed by atoms with Gasteiger partial charge in [-0.3, -0.25) is 9.13 Å². The quantitative estimate of drug-likeness (QED) is 0.397. The average molecular weight is 467 g/mol. The molecule has 2 heterocycles. The number of benzene rings is 1. The molecule has 12 nitrogen and oxygen atoms in total. The molecular formula is C19H26N5O7P. The number of aliphatic hydroxyl groups is 1. The van der Waals surface area contributed by atoms with Crippen molar-refractivity contribution in [3.05, 3.63) is 29.3 Å². The fourth-order valence-corrected chi connectivity index (χ4v) is 4.20. The minimum atomic E-state index is -3.31. The van der Waals surface area contributed by atoms with Gasteiger partial charge in [0.05, 0.1) is 33.5 Å². The summed E-state index contributed by atoms with van der Waals surface area (Å²) in [6, 6.07) is 5.75. The maximum Gasteiger partial charge on any atom is 0.334 e. The molecule has 0 aliphatic carbocycles. The number of nitrogens with zero attached hydrogens (tertiary/aromatic N) is 4. The van der Waals surface area contributed by atoms with Gasteiger partial charge in [0.25, 0.3) is 6.01 Å². The molecule has 3 N–H and O–H groups in total. The van der Waals surface area contributed by atoms with Gasteiger partial charge >= 0.3 is 13.6 Å². The lowest BCUT2D eigenvalue weighted by molar-refractivity contribution is 0.192. The average Bonchev–Trinajstić information content (AvgIpc) is 3.15. The molecule has 0 radical (unpaired) electrons. The minimum Gasteiger partial charge on any atom is -0.496 e. The Bertz CT molecular complexity index is 1130. The molecule has 0 saturated carbocycles. The Morgan fingerprint density at radius 2 is 1.84 bits per heavy atom. The number of rotatable bonds is 11. The van der Waals surface area contributed by atoms with Crippen LogP contribution in [-0.2, 0) is 26.3 Å². The molecule has 0 aliphatic heterocycles. The van der Waals surface area contributed by atoms with Crippen molar-refractivity contribution >= 4 is 24.6 Å². The summed E-state index contributed by atoms with van der Waals surface area (Å²) in [6.07, 6.45) is 0.0348. The molecule has 0 fully saturated rings. The van der Waals surface area contributed by atoms with Gasteiger partial charge in [0.1, 0.15) is 12.4 Å². The number of anilines is 1. The van der Waals surface area contributed by atoms with Gasteiger partial charge < -0.3 is 34.1 Å². The number of hydrogen-bond acceptors (Lipinski definition) is 11. The zero-order chi connectivity index (χ0) is 23.3. The number of fused-ring (bicyclic) bond motifs is 1. The molecular weight excluding hydrogens is 441 g/mol. The van der Waals surface area contributed by atoms with Crippen molar-refractivity contribution in [2.24, 2.45) is 0 Å². The van der Waals surface area contributed by atoms with Crippen LogP contribution in [0.25, 0.3) is 11.2 Å². The highest BCUT2D eigenvalue weighted by Gasteiger charge is 2.24. The Balaban J connectivity index is 2.04. The van der Waals surface area contributed by atoms with Crippen LogP contribution in [0.3, 0.4) is 0 Å². The molecule has 0 saturated heterocycles. The van der Waals surface area contributed by atoms with E-state index in [1.165, 1.54) is 28.4 Å². The summed E-state index contributed by atoms with van der Waals surface area (Å²) < 4.78 is 40.6. The second kappa shape index (κ2) is 10.1. The van der Waals surface area contributed by atoms with Crippen molar-refractivity contribution in [3.63, 3.8) is 0 Å². The maximum absolute atomic E-state index is 12.7. The summed E-state index contributed by atoms with van der Waals surface area (Å²) in [6.45, 7) is 0.138. The number of aromatic nitrogens is 4. The summed E-state index contributed by atoms with van der Waals surface area (Å²) in [7, 11) is 2.38. The second-order valence-electron chi connectivity index (χ2n) is 6.60. The molecule has 3 aromatic rings. The number of imidazole rings is 1. The molecule has 0 aliphatic rings. The maximum atomic E-state index is 12.7. The molecule has 0 unspecified atom stereocenters. The van der Waals surface area contributed by atoms with Crippen LogP contribution < -0.4 is 19.9 Å². The summed E-state index contributed by atoms with van der Waals surface area (Å²) in [5, 5.41) is 8.99. The number of hydrogen-bond donors (Lipinski definition) is 2. The van der Waals surface area contributed by atoms with E-state index in [0.29, 0.717) is 29.0 Å². The molecule has 2 aromatic heterocycles. The van der Waals surface area contributed by atoms with Crippen LogP contribution >= 0.6 is 7.60 Å². The Labute approximate surface area is 184 Å². The predicted molar refractivity (Wildman–Crippen MR) is 116 cm³/mol. The lowest BCUT2D eigenvalue weighted by atomic mass is 10.1. The highest BCUT2D eigenvalue weighted by atomic mass is 31.2. The first-order valence-corrected chi connectivity index (χ1v) is 11.3. The van der Waals surface area contributed by atoms with Gasteiger partial charge in [-0.1, -0.05) is 6.07 Å². The summed E-state index contributed by atoms with van der Waals surface area (Å²) >= 11 is 0. The van der Waals surface area contributed by atoms with Crippen molar-refractivity contribution in [3.8, 4) is 17.8 Å². The van der Waals surface area contributed by atoms with Crippen LogP contribution in [0.4, 0.5) is 5.82 Å². The lowest BCUT2D eigenvalue weighted by Gasteiger charge is -2.17. The molecule has 3 rings (SSSR count). The first-order valence-electron chi connectivity index (χ1n) is 9.55. The zero-order valence-electron chi connectivity index (χ0n) is 18.3. The zero-order valence-corrected chi connectivity index (χ0v) is 19.2. The Morgan fingerprint density at radius 1 is 1.09 bits per heavy atom. The van der Waals surface area contributed by atoms with Crippen LogP contribution in [0.15, 0.2) is 18.2 Å². The highest BCUT2D eigenvalue weighted by molar-refractivity contribution is 7.52. The molecule has 0 spiro atoms. The molecule has 1 aromatic carbocycles. The van der Waals surface area contributed by atoms with E-state index in [0.717, 1.165) is 5.56 Å². The van der Waals surface area contributed by atoms with Crippen LogP contribution in [0.1, 0.15) is 11.1 Å². The molecule has 0 bridgehead atoms. The third kappa shape index (κ3) is 4.94. The smallest absolute Gasteiger partial charge is 0.334 e. The first-order chi connectivity index (χ1) is 15.4. The first kappa shape index (κ1) is 23.7. The van der Waals surface area contributed by atoms with Gasteiger partial charge in [-0.15, -0.1) is 0 Å². The van der Waals surface area contributed by atoms with E-state index in [1.807, 2.05) is 12.1 Å². The molecule has 32 heavy (non-hydrogen) atoms. The van der Waals surface area contributed by atoms with Crippen molar-refractivity contribution in [2.45, 2.75) is 12.7 Å². The Hall–Kier alpha value is -2.92. The number of nitrogen functional groups attached to an aromatic ring is 1. The van der Waals surface area contributed by atoms with Crippen molar-refractivity contribution in [2.75, 3.05) is 47.4 Å². The van der Waals surface area contributed by atoms with Crippen LogP contribution in [-0.4, -0.2) is 66.3 Å². The fraction of sp³-hybridized carbons (Fsp3) is 0.421. The summed E-state index contributed by atoms with van der Waals surface area (Å²) in [5.74, 6) is 0.674. The van der Waals surface area contributed by atoms with Crippen molar-refractivity contribution in [1.29, 1.82) is 0 Å². The fourth-order valence-electron chi connectivity index (χ4n) is 3.13. The van der Waals surface area contributed by atoms with E-state index >= 15 is 0 Å². The summed E-state index contributed by atoms with van der Waals surface area (Å²) in [5.41, 5.74) is 8.26. The third-order valence-electron chi connectivity index (χ3n) is 4.68. The predicted octanol–water partition coefficient (Wildman–Crippen LogP) is 1.83. The Kier molecular flexibility index (Phi) is 7.52. The Morgan fingerprint density at radius 3 is 2.47 bits per heavy atom. The minimum absolute atomic E-state index is 0.0180. The lowest BCUT2D eigenvalue weighted by Crippen LogP contribution is -2.08. The van der Waals surface area contributed by atoms with E-state index in [9.17, 15) is 4.57 Å². The van der Waals surface area contributed by atoms with E-state index in [1.54, 1.807) is 10.6 Å². The van der Waals surface area contributed by atoms with Gasteiger partial charge in [0, 0.05) is 19.8 Å². The largest absolute Gasteiger partial charge is 0.496 e. The number of methoxy groups -OCH3 is 2. The SMILES string of the molecule is COc1ccc(Cn2c(OC)nc3c(N)nc(OCCO)nc32)cc1CP(=O)(OC)OC. The van der Waals surface area contributed by atoms with Crippen LogP contribution in [0, 0.1) is 0 Å². The highest BCUT2D eigenvalue weighted by Crippen LogP contribution is 2.51. The normalized spacial score (nSPS) is 11.7. The van der Waals surface area contributed by atoms with Crippen LogP contribution in [0.2, 0.25) is 0 Å². The van der Waals surface area contributed by atoms with E-state index < -0.39 is 7.60 Å². The second-order valence-corrected chi connectivity index (χ2v) is 8.87. The molecule has 0 atom stereocenters. The summed E-state index contributed by atoms with van der Waals surface area (Å²) in [4.78, 5) is 12.8. The van der Waals surface area contributed by atoms with E-state index in [-0.39, 0.29) is 37.2 Å². The molecule has 0 amide bonds. The molecule has 174 valence electrons. The van der Waals surface area contributed by atoms with Gasteiger partial charge in [-0.05, 0) is 17.7 Å². The van der Waals surface area contributed by atoms with Gasteiger partial charge in [0.15, 0.2) is 17.0 Å². The van der Waals surface area contributed by atoms with Gasteiger partial charge in [-0.25, -0.2) is 0 Å². The van der Waals surface area contributed by atoms with E-state index in [2.05, 4.69) is 15.0 Å². The van der Waals surface area contributed by atoms with Crippen molar-refractivity contribution in [1.82, 2.24) is 19.5 Å².